The van der Waals surface area contributed by atoms with Gasteiger partial charge in [0.1, 0.15) is 12.1 Å². The van der Waals surface area contributed by atoms with Crippen molar-refractivity contribution >= 4 is 46.2 Å². The standard InChI is InChI=1S/C30H26ClF3N6O3S/c1-18(2)24-12-7-21(31)15-25(24)40-26(41)16-44-29(40)37-28(42)35-14-13-19-3-5-20(6-4-19)27-36-17-39(38-27)22-8-10-23(11-9-22)43-30(32,33)34/h3-12,15,17-18H,13-14,16H2,1-2H3,(H,35,42). The molecule has 0 aliphatic carbocycles. The van der Waals surface area contributed by atoms with Gasteiger partial charge in [0.25, 0.3) is 0 Å². The summed E-state index contributed by atoms with van der Waals surface area (Å²) in [4.78, 5) is 35.3. The number of anilines is 1. The van der Waals surface area contributed by atoms with Crippen molar-refractivity contribution in [2.75, 3.05) is 17.2 Å². The molecule has 0 spiro atoms. The maximum atomic E-state index is 12.7. The lowest BCUT2D eigenvalue weighted by Gasteiger charge is -2.21. The first-order valence-electron chi connectivity index (χ1n) is 13.5. The van der Waals surface area contributed by atoms with Crippen molar-refractivity contribution in [3.05, 3.63) is 89.2 Å². The van der Waals surface area contributed by atoms with E-state index in [-0.39, 0.29) is 23.3 Å². The second-order valence-electron chi connectivity index (χ2n) is 10.0. The molecular formula is C30H26ClF3N6O3S. The molecule has 1 aromatic heterocycles. The lowest BCUT2D eigenvalue weighted by Crippen LogP contribution is -2.32. The molecule has 0 saturated carbocycles. The summed E-state index contributed by atoms with van der Waals surface area (Å²) in [6.45, 7) is 4.35. The van der Waals surface area contributed by atoms with E-state index < -0.39 is 12.4 Å². The smallest absolute Gasteiger partial charge is 0.406 e. The fourth-order valence-electron chi connectivity index (χ4n) is 4.46. The van der Waals surface area contributed by atoms with Crippen LogP contribution < -0.4 is 15.0 Å². The molecule has 1 aliphatic rings. The van der Waals surface area contributed by atoms with Crippen LogP contribution in [0.25, 0.3) is 17.1 Å². The third-order valence-electron chi connectivity index (χ3n) is 6.55. The Morgan fingerprint density at radius 3 is 2.52 bits per heavy atom. The molecule has 1 aliphatic heterocycles. The first-order chi connectivity index (χ1) is 21.0. The summed E-state index contributed by atoms with van der Waals surface area (Å²) in [5.41, 5.74) is 3.77. The highest BCUT2D eigenvalue weighted by Crippen LogP contribution is 2.35. The monoisotopic (exact) mass is 642 g/mol. The van der Waals surface area contributed by atoms with Gasteiger partial charge in [0, 0.05) is 17.1 Å². The number of carbonyl (C=O) groups excluding carboxylic acids is 2. The molecule has 1 N–H and O–H groups in total. The van der Waals surface area contributed by atoms with Crippen LogP contribution >= 0.6 is 23.4 Å². The largest absolute Gasteiger partial charge is 0.573 e. The van der Waals surface area contributed by atoms with Crippen LogP contribution in [0.4, 0.5) is 23.7 Å². The Bertz CT molecular complexity index is 1690. The number of hydrogen-bond acceptors (Lipinski definition) is 6. The van der Waals surface area contributed by atoms with Gasteiger partial charge in [0.05, 0.1) is 17.1 Å². The van der Waals surface area contributed by atoms with E-state index in [0.29, 0.717) is 40.4 Å². The van der Waals surface area contributed by atoms with E-state index in [4.69, 9.17) is 11.6 Å². The third-order valence-corrected chi connectivity index (χ3v) is 7.71. The molecule has 3 amide bonds. The number of carbonyl (C=O) groups is 2. The summed E-state index contributed by atoms with van der Waals surface area (Å²) in [5, 5.41) is 7.97. The Morgan fingerprint density at radius 1 is 1.11 bits per heavy atom. The first kappa shape index (κ1) is 31.1. The number of nitrogens with zero attached hydrogens (tertiary/aromatic N) is 5. The molecule has 5 rings (SSSR count). The van der Waals surface area contributed by atoms with E-state index in [1.165, 1.54) is 51.9 Å². The van der Waals surface area contributed by atoms with Crippen molar-refractivity contribution in [1.82, 2.24) is 20.1 Å². The highest BCUT2D eigenvalue weighted by atomic mass is 35.5. The second-order valence-corrected chi connectivity index (χ2v) is 11.4. The van der Waals surface area contributed by atoms with Crippen LogP contribution in [-0.2, 0) is 11.2 Å². The maximum absolute atomic E-state index is 12.7. The zero-order valence-corrected chi connectivity index (χ0v) is 25.1. The van der Waals surface area contributed by atoms with Crippen LogP contribution in [0.15, 0.2) is 78.0 Å². The van der Waals surface area contributed by atoms with Gasteiger partial charge in [-0.05, 0) is 59.9 Å². The Kier molecular flexibility index (Phi) is 9.25. The molecule has 228 valence electrons. The van der Waals surface area contributed by atoms with Crippen LogP contribution in [0.3, 0.4) is 0 Å². The zero-order chi connectivity index (χ0) is 31.4. The average Bonchev–Trinajstić information content (AvgIpc) is 3.60. The number of aliphatic imine (C=N–C) groups is 1. The second kappa shape index (κ2) is 13.1. The van der Waals surface area contributed by atoms with Crippen molar-refractivity contribution in [2.45, 2.75) is 32.5 Å². The van der Waals surface area contributed by atoms with Crippen LogP contribution in [0, 0.1) is 0 Å². The van der Waals surface area contributed by atoms with Gasteiger partial charge in [-0.15, -0.1) is 18.3 Å². The summed E-state index contributed by atoms with van der Waals surface area (Å²) in [6.07, 6.45) is -2.76. The molecule has 14 heteroatoms. The summed E-state index contributed by atoms with van der Waals surface area (Å²) < 4.78 is 42.5. The number of benzene rings is 3. The van der Waals surface area contributed by atoms with Gasteiger partial charge in [-0.1, -0.05) is 67.5 Å². The third kappa shape index (κ3) is 7.58. The predicted octanol–water partition coefficient (Wildman–Crippen LogP) is 7.00. The molecule has 0 radical (unpaired) electrons. The molecule has 0 atom stereocenters. The Labute approximate surface area is 260 Å². The highest BCUT2D eigenvalue weighted by Gasteiger charge is 2.33. The molecular weight excluding hydrogens is 617 g/mol. The van der Waals surface area contributed by atoms with Crippen LogP contribution in [-0.4, -0.2) is 50.5 Å². The van der Waals surface area contributed by atoms with Crippen molar-refractivity contribution in [3.63, 3.8) is 0 Å². The predicted molar refractivity (Wildman–Crippen MR) is 164 cm³/mol. The van der Waals surface area contributed by atoms with E-state index in [9.17, 15) is 22.8 Å². The number of ether oxygens (including phenoxy) is 1. The number of urea groups is 1. The maximum Gasteiger partial charge on any atom is 0.573 e. The minimum atomic E-state index is -4.76. The summed E-state index contributed by atoms with van der Waals surface area (Å²) >= 11 is 7.42. The fraction of sp³-hybridized carbons (Fsp3) is 0.233. The lowest BCUT2D eigenvalue weighted by atomic mass is 10.0. The van der Waals surface area contributed by atoms with Crippen LogP contribution in [0.1, 0.15) is 30.9 Å². The SMILES string of the molecule is CC(C)c1ccc(Cl)cc1N1C(=O)CSC1=NC(=O)NCCc1ccc(-c2ncn(-c3ccc(OC(F)(F)F)cc3)n2)cc1. The Hall–Kier alpha value is -4.36. The van der Waals surface area contributed by atoms with Crippen molar-refractivity contribution in [3.8, 4) is 22.8 Å². The number of amidine groups is 1. The van der Waals surface area contributed by atoms with Crippen molar-refractivity contribution in [1.29, 1.82) is 0 Å². The first-order valence-corrected chi connectivity index (χ1v) is 14.8. The normalized spacial score (nSPS) is 14.5. The molecule has 0 unspecified atom stereocenters. The number of amides is 3. The number of nitrogens with one attached hydrogen (secondary N) is 1. The number of rotatable bonds is 8. The van der Waals surface area contributed by atoms with E-state index in [1.807, 2.05) is 44.2 Å². The summed E-state index contributed by atoms with van der Waals surface area (Å²) in [7, 11) is 0. The number of thioether (sulfide) groups is 1. The minimum absolute atomic E-state index is 0.135. The van der Waals surface area contributed by atoms with Gasteiger partial charge in [0.2, 0.25) is 5.91 Å². The van der Waals surface area contributed by atoms with E-state index in [1.54, 1.807) is 12.1 Å². The van der Waals surface area contributed by atoms with Gasteiger partial charge in [-0.2, -0.15) is 4.99 Å². The summed E-state index contributed by atoms with van der Waals surface area (Å²) in [6, 6.07) is 17.6. The van der Waals surface area contributed by atoms with Crippen molar-refractivity contribution in [2.24, 2.45) is 4.99 Å². The lowest BCUT2D eigenvalue weighted by molar-refractivity contribution is -0.274. The average molecular weight is 643 g/mol. The van der Waals surface area contributed by atoms with E-state index >= 15 is 0 Å². The van der Waals surface area contributed by atoms with Gasteiger partial charge in [-0.25, -0.2) is 14.5 Å². The Morgan fingerprint density at radius 2 is 1.84 bits per heavy atom. The number of hydrogen-bond donors (Lipinski definition) is 1. The van der Waals surface area contributed by atoms with E-state index in [0.717, 1.165) is 16.7 Å². The van der Waals surface area contributed by atoms with Crippen LogP contribution in [0.2, 0.25) is 5.02 Å². The van der Waals surface area contributed by atoms with Gasteiger partial charge in [0.15, 0.2) is 11.0 Å². The van der Waals surface area contributed by atoms with Gasteiger partial charge < -0.3 is 10.1 Å². The van der Waals surface area contributed by atoms with Crippen molar-refractivity contribution < 1.29 is 27.5 Å². The summed E-state index contributed by atoms with van der Waals surface area (Å²) in [5.74, 6) is 0.256. The topological polar surface area (TPSA) is 102 Å². The quantitative estimate of drug-likeness (QED) is 0.222. The molecule has 9 nitrogen and oxygen atoms in total. The molecule has 44 heavy (non-hydrogen) atoms. The Balaban J connectivity index is 1.17. The molecule has 1 saturated heterocycles. The molecule has 3 aromatic carbocycles. The van der Waals surface area contributed by atoms with Crippen LogP contribution in [0.5, 0.6) is 5.75 Å². The minimum Gasteiger partial charge on any atom is -0.406 e. The molecule has 1 fully saturated rings. The zero-order valence-electron chi connectivity index (χ0n) is 23.5. The molecule has 4 aromatic rings. The molecule has 2 heterocycles. The number of halogens is 4. The number of aromatic nitrogens is 3. The van der Waals surface area contributed by atoms with E-state index in [2.05, 4.69) is 25.1 Å². The highest BCUT2D eigenvalue weighted by molar-refractivity contribution is 8.15. The number of alkyl halides is 3. The fourth-order valence-corrected chi connectivity index (χ4v) is 5.49. The van der Waals surface area contributed by atoms with Gasteiger partial charge in [-0.3, -0.25) is 9.69 Å². The molecule has 0 bridgehead atoms. The van der Waals surface area contributed by atoms with Gasteiger partial charge >= 0.3 is 12.4 Å².